The number of imidazole rings is 1. The molecule has 0 radical (unpaired) electrons. The molecule has 0 atom stereocenters. The van der Waals surface area contributed by atoms with Crippen LogP contribution in [0.1, 0.15) is 12.5 Å². The number of nitrogens with zero attached hydrogens (tertiary/aromatic N) is 4. The van der Waals surface area contributed by atoms with Crippen LogP contribution in [0.15, 0.2) is 52.1 Å². The fourth-order valence-electron chi connectivity index (χ4n) is 3.97. The van der Waals surface area contributed by atoms with Crippen molar-refractivity contribution in [2.75, 3.05) is 31.1 Å². The van der Waals surface area contributed by atoms with Crippen molar-refractivity contribution in [3.05, 3.63) is 68.9 Å². The Morgan fingerprint density at radius 1 is 1.21 bits per heavy atom. The highest BCUT2D eigenvalue weighted by Gasteiger charge is 2.26. The van der Waals surface area contributed by atoms with E-state index in [2.05, 4.69) is 40.7 Å². The smallest absolute Gasteiger partial charge is 0.329 e. The number of benzene rings is 1. The number of hydrogen-bond donors (Lipinski definition) is 2. The van der Waals surface area contributed by atoms with Gasteiger partial charge in [-0.1, -0.05) is 42.5 Å². The van der Waals surface area contributed by atoms with Crippen molar-refractivity contribution < 1.29 is 4.90 Å². The predicted octanol–water partition coefficient (Wildman–Crippen LogP) is -0.0955. The molecule has 2 N–H and O–H groups in total. The molecule has 29 heavy (non-hydrogen) atoms. The molecule has 2 aromatic heterocycles. The zero-order valence-corrected chi connectivity index (χ0v) is 16.9. The van der Waals surface area contributed by atoms with E-state index in [-0.39, 0.29) is 0 Å². The molecule has 152 valence electrons. The summed E-state index contributed by atoms with van der Waals surface area (Å²) in [5.74, 6) is 0.730. The highest BCUT2D eigenvalue weighted by Crippen LogP contribution is 2.20. The van der Waals surface area contributed by atoms with Gasteiger partial charge in [0.1, 0.15) is 6.54 Å². The van der Waals surface area contributed by atoms with Crippen molar-refractivity contribution in [1.82, 2.24) is 19.1 Å². The third-order valence-corrected chi connectivity index (χ3v) is 5.47. The van der Waals surface area contributed by atoms with Crippen molar-refractivity contribution >= 4 is 17.1 Å². The topological polar surface area (TPSA) is 80.4 Å². The summed E-state index contributed by atoms with van der Waals surface area (Å²) in [5.41, 5.74) is 2.24. The lowest BCUT2D eigenvalue weighted by molar-refractivity contribution is -0.914. The molecule has 0 saturated carbocycles. The molecule has 3 heterocycles. The zero-order valence-electron chi connectivity index (χ0n) is 16.9. The number of allylic oxidation sites excluding steroid dienone is 1. The number of H-pyrrole nitrogens is 1. The molecular formula is C21H27N6O2+. The van der Waals surface area contributed by atoms with Gasteiger partial charge in [0, 0.05) is 19.2 Å². The zero-order chi connectivity index (χ0) is 20.5. The summed E-state index contributed by atoms with van der Waals surface area (Å²) in [4.78, 5) is 35.4. The van der Waals surface area contributed by atoms with Gasteiger partial charge in [-0.05, 0) is 6.92 Å². The third-order valence-electron chi connectivity index (χ3n) is 5.47. The number of aryl methyl sites for hydroxylation is 1. The molecule has 0 bridgehead atoms. The van der Waals surface area contributed by atoms with Crippen molar-refractivity contribution in [3.8, 4) is 0 Å². The predicted molar refractivity (Wildman–Crippen MR) is 113 cm³/mol. The number of fused-ring (bicyclic) bond motifs is 1. The summed E-state index contributed by atoms with van der Waals surface area (Å²) in [5, 5.41) is 0. The van der Waals surface area contributed by atoms with Crippen molar-refractivity contribution in [2.24, 2.45) is 7.05 Å². The Morgan fingerprint density at radius 3 is 2.55 bits per heavy atom. The van der Waals surface area contributed by atoms with Gasteiger partial charge >= 0.3 is 5.69 Å². The second-order valence-electron chi connectivity index (χ2n) is 7.84. The number of hydrogen-bond acceptors (Lipinski definition) is 4. The van der Waals surface area contributed by atoms with Crippen LogP contribution in [0.3, 0.4) is 0 Å². The van der Waals surface area contributed by atoms with Crippen molar-refractivity contribution in [1.29, 1.82) is 0 Å². The van der Waals surface area contributed by atoms with E-state index in [1.54, 1.807) is 7.05 Å². The average Bonchev–Trinajstić information content (AvgIpc) is 3.07. The van der Waals surface area contributed by atoms with Crippen LogP contribution in [0, 0.1) is 0 Å². The quantitative estimate of drug-likeness (QED) is 0.592. The van der Waals surface area contributed by atoms with E-state index in [1.165, 1.54) is 15.0 Å². The number of quaternary nitrogens is 1. The summed E-state index contributed by atoms with van der Waals surface area (Å²) in [6.45, 7) is 11.1. The molecule has 1 aliphatic rings. The molecule has 1 aromatic carbocycles. The minimum absolute atomic E-state index is 0.406. The molecule has 1 fully saturated rings. The van der Waals surface area contributed by atoms with Gasteiger partial charge in [0.25, 0.3) is 5.56 Å². The normalized spacial score (nSPS) is 15.2. The van der Waals surface area contributed by atoms with Crippen LogP contribution in [-0.4, -0.2) is 45.3 Å². The Kier molecular flexibility index (Phi) is 5.10. The molecule has 3 aromatic rings. The largest absolute Gasteiger partial charge is 0.331 e. The average molecular weight is 395 g/mol. The molecule has 4 rings (SSSR count). The fraction of sp³-hybridized carbons (Fsp3) is 0.381. The van der Waals surface area contributed by atoms with Gasteiger partial charge in [0.15, 0.2) is 11.2 Å². The van der Waals surface area contributed by atoms with Gasteiger partial charge in [0.2, 0.25) is 5.95 Å². The standard InChI is InChI=1S/C21H26N6O2/c1-15(2)13-27-17-18(24(3)21(29)23-19(17)28)22-20(27)26-11-9-25(10-12-26)14-16-7-5-4-6-8-16/h4-8H,1,9-14H2,2-3H3,(H,23,28,29)/p+1. The van der Waals surface area contributed by atoms with Crippen LogP contribution in [0.2, 0.25) is 0 Å². The number of aromatic amines is 1. The molecular weight excluding hydrogens is 368 g/mol. The number of piperazine rings is 1. The Hall–Kier alpha value is -3.13. The fourth-order valence-corrected chi connectivity index (χ4v) is 3.97. The van der Waals surface area contributed by atoms with Crippen LogP contribution in [0.5, 0.6) is 0 Å². The van der Waals surface area contributed by atoms with Crippen LogP contribution < -0.4 is 21.0 Å². The van der Waals surface area contributed by atoms with Crippen LogP contribution in [0.4, 0.5) is 5.95 Å². The van der Waals surface area contributed by atoms with Crippen LogP contribution >= 0.6 is 0 Å². The number of anilines is 1. The summed E-state index contributed by atoms with van der Waals surface area (Å²) in [6.07, 6.45) is 0. The Morgan fingerprint density at radius 2 is 1.90 bits per heavy atom. The summed E-state index contributed by atoms with van der Waals surface area (Å²) in [7, 11) is 1.63. The van der Waals surface area contributed by atoms with Crippen molar-refractivity contribution in [3.63, 3.8) is 0 Å². The Balaban J connectivity index is 1.63. The molecule has 1 aliphatic heterocycles. The van der Waals surface area contributed by atoms with E-state index in [1.807, 2.05) is 17.6 Å². The monoisotopic (exact) mass is 395 g/mol. The van der Waals surface area contributed by atoms with Crippen LogP contribution in [-0.2, 0) is 20.1 Å². The van der Waals surface area contributed by atoms with E-state index in [0.717, 1.165) is 44.2 Å². The highest BCUT2D eigenvalue weighted by molar-refractivity contribution is 5.74. The van der Waals surface area contributed by atoms with Gasteiger partial charge in [-0.2, -0.15) is 4.98 Å². The molecule has 8 heteroatoms. The van der Waals surface area contributed by atoms with Crippen molar-refractivity contribution in [2.45, 2.75) is 20.0 Å². The Labute approximate surface area is 168 Å². The first-order chi connectivity index (χ1) is 13.9. The maximum atomic E-state index is 12.5. The van der Waals surface area contributed by atoms with E-state index in [0.29, 0.717) is 17.7 Å². The molecule has 0 amide bonds. The molecule has 0 aliphatic carbocycles. The van der Waals surface area contributed by atoms with Gasteiger partial charge in [-0.3, -0.25) is 14.3 Å². The number of rotatable bonds is 5. The van der Waals surface area contributed by atoms with Gasteiger partial charge in [-0.25, -0.2) is 4.79 Å². The minimum atomic E-state index is -0.453. The first kappa shape index (κ1) is 19.2. The first-order valence-electron chi connectivity index (χ1n) is 9.90. The molecule has 0 spiro atoms. The number of aromatic nitrogens is 4. The van der Waals surface area contributed by atoms with Crippen LogP contribution in [0.25, 0.3) is 11.2 Å². The molecule has 1 saturated heterocycles. The Bertz CT molecular complexity index is 1150. The van der Waals surface area contributed by atoms with Gasteiger partial charge in [-0.15, -0.1) is 0 Å². The highest BCUT2D eigenvalue weighted by atomic mass is 16.2. The molecule has 8 nitrogen and oxygen atoms in total. The SMILES string of the molecule is C=C(C)Cn1c(N2CC[NH+](Cc3ccccc3)CC2)nc2c1c(=O)[nH]c(=O)n2C. The second-order valence-corrected chi connectivity index (χ2v) is 7.84. The first-order valence-corrected chi connectivity index (χ1v) is 9.90. The van der Waals surface area contributed by atoms with E-state index in [4.69, 9.17) is 4.98 Å². The molecule has 0 unspecified atom stereocenters. The van der Waals surface area contributed by atoms with Gasteiger partial charge < -0.3 is 14.4 Å². The lowest BCUT2D eigenvalue weighted by Gasteiger charge is -2.33. The lowest BCUT2D eigenvalue weighted by Crippen LogP contribution is -3.13. The summed E-state index contributed by atoms with van der Waals surface area (Å²) >= 11 is 0. The number of nitrogens with one attached hydrogen (secondary N) is 2. The van der Waals surface area contributed by atoms with E-state index >= 15 is 0 Å². The maximum Gasteiger partial charge on any atom is 0.329 e. The lowest BCUT2D eigenvalue weighted by atomic mass is 10.2. The minimum Gasteiger partial charge on any atom is -0.331 e. The summed E-state index contributed by atoms with van der Waals surface area (Å²) < 4.78 is 3.28. The summed E-state index contributed by atoms with van der Waals surface area (Å²) in [6, 6.07) is 10.5. The maximum absolute atomic E-state index is 12.5. The third kappa shape index (κ3) is 3.75. The van der Waals surface area contributed by atoms with Gasteiger partial charge in [0.05, 0.1) is 26.2 Å². The van der Waals surface area contributed by atoms with E-state index < -0.39 is 11.2 Å². The second kappa shape index (κ2) is 7.71. The van der Waals surface area contributed by atoms with E-state index in [9.17, 15) is 9.59 Å².